The summed E-state index contributed by atoms with van der Waals surface area (Å²) in [5.41, 5.74) is 0.488. The SMILES string of the molecule is Cc1ccc(Cl)c(OCC2(O)CCC2)c1. The number of hydrogen-bond acceptors (Lipinski definition) is 2. The largest absolute Gasteiger partial charge is 0.489 e. The summed E-state index contributed by atoms with van der Waals surface area (Å²) in [5.74, 6) is 0.664. The minimum absolute atomic E-state index is 0.343. The van der Waals surface area contributed by atoms with E-state index in [9.17, 15) is 5.11 Å². The molecule has 3 heteroatoms. The van der Waals surface area contributed by atoms with Crippen LogP contribution in [-0.2, 0) is 0 Å². The van der Waals surface area contributed by atoms with E-state index in [0.717, 1.165) is 24.8 Å². The van der Waals surface area contributed by atoms with Crippen LogP contribution in [0.15, 0.2) is 18.2 Å². The summed E-state index contributed by atoms with van der Waals surface area (Å²) in [6.45, 7) is 2.33. The van der Waals surface area contributed by atoms with Crippen molar-refractivity contribution < 1.29 is 9.84 Å². The maximum atomic E-state index is 9.86. The molecule has 1 fully saturated rings. The third kappa shape index (κ3) is 2.44. The molecule has 0 bridgehead atoms. The molecule has 0 saturated heterocycles. The third-order valence-corrected chi connectivity index (χ3v) is 3.18. The smallest absolute Gasteiger partial charge is 0.138 e. The number of aryl methyl sites for hydroxylation is 1. The van der Waals surface area contributed by atoms with Crippen molar-refractivity contribution in [1.82, 2.24) is 0 Å². The van der Waals surface area contributed by atoms with E-state index >= 15 is 0 Å². The van der Waals surface area contributed by atoms with Crippen LogP contribution in [0.3, 0.4) is 0 Å². The molecule has 0 amide bonds. The lowest BCUT2D eigenvalue weighted by Gasteiger charge is -2.36. The topological polar surface area (TPSA) is 29.5 Å². The van der Waals surface area contributed by atoms with Crippen LogP contribution >= 0.6 is 11.6 Å². The molecule has 1 N–H and O–H groups in total. The molecule has 0 aromatic heterocycles. The Kier molecular flexibility index (Phi) is 2.89. The molecular formula is C12H15ClO2. The van der Waals surface area contributed by atoms with Crippen molar-refractivity contribution in [2.24, 2.45) is 0 Å². The van der Waals surface area contributed by atoms with Crippen molar-refractivity contribution in [2.75, 3.05) is 6.61 Å². The van der Waals surface area contributed by atoms with Crippen molar-refractivity contribution in [3.8, 4) is 5.75 Å². The molecule has 2 nitrogen and oxygen atoms in total. The molecule has 0 atom stereocenters. The Morgan fingerprint density at radius 1 is 1.47 bits per heavy atom. The van der Waals surface area contributed by atoms with E-state index in [1.165, 1.54) is 0 Å². The molecule has 0 radical (unpaired) electrons. The summed E-state index contributed by atoms with van der Waals surface area (Å²) < 4.78 is 5.54. The molecule has 1 aliphatic carbocycles. The second-order valence-corrected chi connectivity index (χ2v) is 4.71. The number of hydrogen-bond donors (Lipinski definition) is 1. The number of ether oxygens (including phenoxy) is 1. The normalized spacial score (nSPS) is 18.3. The molecule has 0 unspecified atom stereocenters. The Balaban J connectivity index is 2.01. The Bertz CT molecular complexity index is 359. The van der Waals surface area contributed by atoms with E-state index < -0.39 is 5.60 Å². The van der Waals surface area contributed by atoms with Gasteiger partial charge in [-0.15, -0.1) is 0 Å². The van der Waals surface area contributed by atoms with Gasteiger partial charge in [-0.3, -0.25) is 0 Å². The molecule has 1 aromatic rings. The third-order valence-electron chi connectivity index (χ3n) is 2.87. The zero-order chi connectivity index (χ0) is 10.9. The standard InChI is InChI=1S/C12H15ClO2/c1-9-3-4-10(13)11(7-9)15-8-12(14)5-2-6-12/h3-4,7,14H,2,5-6,8H2,1H3. The van der Waals surface area contributed by atoms with Crippen LogP contribution < -0.4 is 4.74 Å². The molecule has 1 saturated carbocycles. The van der Waals surface area contributed by atoms with Gasteiger partial charge in [-0.25, -0.2) is 0 Å². The molecule has 0 spiro atoms. The molecule has 15 heavy (non-hydrogen) atoms. The highest BCUT2D eigenvalue weighted by atomic mass is 35.5. The summed E-state index contributed by atoms with van der Waals surface area (Å²) >= 11 is 5.98. The zero-order valence-corrected chi connectivity index (χ0v) is 9.55. The minimum Gasteiger partial charge on any atom is -0.489 e. The maximum absolute atomic E-state index is 9.86. The van der Waals surface area contributed by atoms with Crippen molar-refractivity contribution in [1.29, 1.82) is 0 Å². The fourth-order valence-electron chi connectivity index (χ4n) is 1.66. The number of benzene rings is 1. The molecule has 2 rings (SSSR count). The molecular weight excluding hydrogens is 212 g/mol. The van der Waals surface area contributed by atoms with Crippen LogP contribution in [0.1, 0.15) is 24.8 Å². The van der Waals surface area contributed by atoms with Crippen LogP contribution in [0, 0.1) is 6.92 Å². The van der Waals surface area contributed by atoms with Gasteiger partial charge in [0.25, 0.3) is 0 Å². The first kappa shape index (κ1) is 10.8. The highest BCUT2D eigenvalue weighted by Crippen LogP contribution is 2.33. The van der Waals surface area contributed by atoms with Crippen molar-refractivity contribution in [3.05, 3.63) is 28.8 Å². The highest BCUT2D eigenvalue weighted by molar-refractivity contribution is 6.32. The van der Waals surface area contributed by atoms with Gasteiger partial charge in [0.15, 0.2) is 0 Å². The van der Waals surface area contributed by atoms with Gasteiger partial charge in [-0.1, -0.05) is 17.7 Å². The van der Waals surface area contributed by atoms with Crippen molar-refractivity contribution in [3.63, 3.8) is 0 Å². The highest BCUT2D eigenvalue weighted by Gasteiger charge is 2.35. The van der Waals surface area contributed by atoms with Gasteiger partial charge in [-0.2, -0.15) is 0 Å². The van der Waals surface area contributed by atoms with Gasteiger partial charge in [-0.05, 0) is 43.9 Å². The lowest BCUT2D eigenvalue weighted by Crippen LogP contribution is -2.42. The molecule has 0 aliphatic heterocycles. The fourth-order valence-corrected chi connectivity index (χ4v) is 1.83. The Labute approximate surface area is 94.8 Å². The first-order valence-electron chi connectivity index (χ1n) is 5.20. The van der Waals surface area contributed by atoms with Crippen LogP contribution in [0.4, 0.5) is 0 Å². The summed E-state index contributed by atoms with van der Waals surface area (Å²) in [5, 5.41) is 10.5. The predicted molar refractivity (Wildman–Crippen MR) is 60.5 cm³/mol. The monoisotopic (exact) mass is 226 g/mol. The van der Waals surface area contributed by atoms with E-state index in [0.29, 0.717) is 17.4 Å². The van der Waals surface area contributed by atoms with E-state index in [4.69, 9.17) is 16.3 Å². The van der Waals surface area contributed by atoms with Gasteiger partial charge in [0.2, 0.25) is 0 Å². The van der Waals surface area contributed by atoms with E-state index in [1.807, 2.05) is 25.1 Å². The quantitative estimate of drug-likeness (QED) is 0.859. The zero-order valence-electron chi connectivity index (χ0n) is 8.79. The summed E-state index contributed by atoms with van der Waals surface area (Å²) in [7, 11) is 0. The lowest BCUT2D eigenvalue weighted by atomic mass is 9.81. The minimum atomic E-state index is -0.618. The number of aliphatic hydroxyl groups is 1. The lowest BCUT2D eigenvalue weighted by molar-refractivity contribution is -0.0663. The summed E-state index contributed by atoms with van der Waals surface area (Å²) in [6.07, 6.45) is 2.74. The van der Waals surface area contributed by atoms with E-state index in [-0.39, 0.29) is 0 Å². The fraction of sp³-hybridized carbons (Fsp3) is 0.500. The van der Waals surface area contributed by atoms with Gasteiger partial charge in [0, 0.05) is 0 Å². The van der Waals surface area contributed by atoms with Crippen LogP contribution in [-0.4, -0.2) is 17.3 Å². The van der Waals surface area contributed by atoms with Gasteiger partial charge in [0.05, 0.1) is 10.6 Å². The maximum Gasteiger partial charge on any atom is 0.138 e. The second-order valence-electron chi connectivity index (χ2n) is 4.30. The van der Waals surface area contributed by atoms with Crippen molar-refractivity contribution >= 4 is 11.6 Å². The van der Waals surface area contributed by atoms with Crippen LogP contribution in [0.2, 0.25) is 5.02 Å². The van der Waals surface area contributed by atoms with Crippen molar-refractivity contribution in [2.45, 2.75) is 31.8 Å². The Morgan fingerprint density at radius 3 is 2.80 bits per heavy atom. The summed E-state index contributed by atoms with van der Waals surface area (Å²) in [4.78, 5) is 0. The number of halogens is 1. The average molecular weight is 227 g/mol. The first-order valence-corrected chi connectivity index (χ1v) is 5.58. The van der Waals surface area contributed by atoms with Gasteiger partial charge >= 0.3 is 0 Å². The summed E-state index contributed by atoms with van der Waals surface area (Å²) in [6, 6.07) is 5.65. The Morgan fingerprint density at radius 2 is 2.20 bits per heavy atom. The predicted octanol–water partition coefficient (Wildman–Crippen LogP) is 2.94. The molecule has 0 heterocycles. The van der Waals surface area contributed by atoms with E-state index in [2.05, 4.69) is 0 Å². The average Bonchev–Trinajstić information content (AvgIpc) is 2.17. The second kappa shape index (κ2) is 4.03. The van der Waals surface area contributed by atoms with Crippen LogP contribution in [0.5, 0.6) is 5.75 Å². The first-order chi connectivity index (χ1) is 7.09. The van der Waals surface area contributed by atoms with E-state index in [1.54, 1.807) is 0 Å². The molecule has 1 aromatic carbocycles. The van der Waals surface area contributed by atoms with Crippen LogP contribution in [0.25, 0.3) is 0 Å². The molecule has 1 aliphatic rings. The number of rotatable bonds is 3. The van der Waals surface area contributed by atoms with Gasteiger partial charge in [0.1, 0.15) is 12.4 Å². The Hall–Kier alpha value is -0.730. The molecule has 82 valence electrons. The van der Waals surface area contributed by atoms with Gasteiger partial charge < -0.3 is 9.84 Å².